The van der Waals surface area contributed by atoms with Crippen molar-refractivity contribution in [2.45, 2.75) is 0 Å². The highest BCUT2D eigenvalue weighted by molar-refractivity contribution is 7.56. The van der Waals surface area contributed by atoms with Crippen molar-refractivity contribution in [3.8, 4) is 31.8 Å². The second kappa shape index (κ2) is 7.46. The second-order valence-electron chi connectivity index (χ2n) is 6.28. The van der Waals surface area contributed by atoms with Gasteiger partial charge in [-0.15, -0.1) is 22.7 Å². The molecule has 6 heteroatoms. The Balaban J connectivity index is 1.54. The van der Waals surface area contributed by atoms with Crippen molar-refractivity contribution >= 4 is 58.7 Å². The molecule has 0 saturated heterocycles. The van der Waals surface area contributed by atoms with Crippen LogP contribution in [0.5, 0.6) is 11.5 Å². The van der Waals surface area contributed by atoms with Gasteiger partial charge in [-0.1, -0.05) is 0 Å². The van der Waals surface area contributed by atoms with Gasteiger partial charge >= 0.3 is 0 Å². The summed E-state index contributed by atoms with van der Waals surface area (Å²) in [5, 5.41) is 2.82. The minimum Gasteiger partial charge on any atom is -0.497 e. The normalized spacial score (nSPS) is 11.8. The molecule has 28 heavy (non-hydrogen) atoms. The first kappa shape index (κ1) is 18.1. The second-order valence-corrected chi connectivity index (χ2v) is 11.3. The Morgan fingerprint density at radius 1 is 0.607 bits per heavy atom. The summed E-state index contributed by atoms with van der Waals surface area (Å²) < 4.78 is 16.1. The number of methoxy groups -OCH3 is 2. The first-order chi connectivity index (χ1) is 13.7. The zero-order valence-electron chi connectivity index (χ0n) is 15.3. The van der Waals surface area contributed by atoms with E-state index in [1.807, 2.05) is 46.9 Å². The molecule has 0 bridgehead atoms. The van der Waals surface area contributed by atoms with Gasteiger partial charge in [0.25, 0.3) is 0 Å². The van der Waals surface area contributed by atoms with Gasteiger partial charge < -0.3 is 9.47 Å². The van der Waals surface area contributed by atoms with Crippen molar-refractivity contribution in [2.75, 3.05) is 14.2 Å². The maximum atomic E-state index is 5.28. The van der Waals surface area contributed by atoms with Crippen LogP contribution in [-0.2, 0) is 0 Å². The molecule has 138 valence electrons. The van der Waals surface area contributed by atoms with Crippen molar-refractivity contribution in [1.82, 2.24) is 0 Å². The van der Waals surface area contributed by atoms with Crippen molar-refractivity contribution in [3.63, 3.8) is 0 Å². The van der Waals surface area contributed by atoms with Crippen molar-refractivity contribution < 1.29 is 9.47 Å². The van der Waals surface area contributed by atoms with Gasteiger partial charge in [0.2, 0.25) is 0 Å². The van der Waals surface area contributed by atoms with E-state index in [1.165, 1.54) is 56.4 Å². The summed E-state index contributed by atoms with van der Waals surface area (Å²) in [6.07, 6.45) is 0. The van der Waals surface area contributed by atoms with Gasteiger partial charge in [-0.2, -0.15) is 0 Å². The summed E-state index contributed by atoms with van der Waals surface area (Å²) in [5.41, 5.74) is 2.55. The number of benzene rings is 3. The van der Waals surface area contributed by atoms with Crippen molar-refractivity contribution in [2.24, 2.45) is 0 Å². The minimum absolute atomic E-state index is 0.900. The van der Waals surface area contributed by atoms with Gasteiger partial charge in [0.15, 0.2) is 0 Å². The number of ether oxygens (including phenoxy) is 2. The zero-order valence-corrected chi connectivity index (χ0v) is 18.7. The highest BCUT2D eigenvalue weighted by atomic mass is 32.1. The van der Waals surface area contributed by atoms with Crippen molar-refractivity contribution in [1.29, 1.82) is 0 Å². The van der Waals surface area contributed by atoms with Gasteiger partial charge in [-0.05, 0) is 88.2 Å². The Kier molecular flexibility index (Phi) is 4.82. The molecule has 0 spiro atoms. The molecule has 2 nitrogen and oxygen atoms in total. The molecule has 0 aliphatic carbocycles. The van der Waals surface area contributed by atoms with Crippen LogP contribution in [0.4, 0.5) is 0 Å². The average molecular weight is 438 g/mol. The Morgan fingerprint density at radius 3 is 1.36 bits per heavy atom. The molecule has 0 aliphatic heterocycles. The third kappa shape index (κ3) is 3.32. The van der Waals surface area contributed by atoms with Crippen LogP contribution in [0, 0.1) is 0 Å². The molecule has 2 heterocycles. The van der Waals surface area contributed by atoms with E-state index in [-0.39, 0.29) is 0 Å². The monoisotopic (exact) mass is 438 g/mol. The molecule has 0 amide bonds. The lowest BCUT2D eigenvalue weighted by molar-refractivity contribution is 0.415. The predicted molar refractivity (Wildman–Crippen MR) is 126 cm³/mol. The SMILES string of the molecule is COc1ccc(-c2pc3cc4sc(-c5ccc(OC)cc5)pc4cc3s2)cc1. The fourth-order valence-corrected chi connectivity index (χ4v) is 8.67. The molecule has 2 aromatic heterocycles. The Bertz CT molecular complexity index is 1120. The fraction of sp³-hybridized carbons (Fsp3) is 0.0909. The van der Waals surface area contributed by atoms with Crippen LogP contribution in [0.1, 0.15) is 0 Å². The standard InChI is InChI=1S/C22H16O2P2S2/c1-23-15-7-3-13(4-8-15)21-25-17-11-20-18(12-19(17)27-21)26-22(28-20)14-5-9-16(24-2)10-6-14/h3-12H,1-2H3. The van der Waals surface area contributed by atoms with Gasteiger partial charge in [0, 0.05) is 19.6 Å². The zero-order chi connectivity index (χ0) is 19.1. The number of rotatable bonds is 4. The molecule has 5 aromatic rings. The molecule has 0 radical (unpaired) electrons. The first-order valence-corrected chi connectivity index (χ1v) is 12.2. The lowest BCUT2D eigenvalue weighted by atomic mass is 10.2. The third-order valence-corrected chi connectivity index (χ3v) is 10.1. The van der Waals surface area contributed by atoms with E-state index in [4.69, 9.17) is 9.47 Å². The van der Waals surface area contributed by atoms with E-state index in [2.05, 4.69) is 36.4 Å². The molecule has 0 saturated carbocycles. The highest BCUT2D eigenvalue weighted by Gasteiger charge is 2.11. The van der Waals surface area contributed by atoms with Gasteiger partial charge in [-0.3, -0.25) is 0 Å². The molecular formula is C22H16O2P2S2. The highest BCUT2D eigenvalue weighted by Crippen LogP contribution is 2.49. The Morgan fingerprint density at radius 2 is 1.00 bits per heavy atom. The van der Waals surface area contributed by atoms with Crippen LogP contribution in [-0.4, -0.2) is 14.2 Å². The molecule has 0 atom stereocenters. The molecule has 3 aromatic carbocycles. The lowest BCUT2D eigenvalue weighted by Gasteiger charge is -2.00. The third-order valence-electron chi connectivity index (χ3n) is 4.57. The van der Waals surface area contributed by atoms with E-state index in [0.29, 0.717) is 0 Å². The van der Waals surface area contributed by atoms with Crippen LogP contribution in [0.25, 0.3) is 40.0 Å². The van der Waals surface area contributed by atoms with Crippen LogP contribution in [0.3, 0.4) is 0 Å². The van der Waals surface area contributed by atoms with Gasteiger partial charge in [-0.25, -0.2) is 0 Å². The Hall–Kier alpha value is -1.96. The topological polar surface area (TPSA) is 18.5 Å². The summed E-state index contributed by atoms with van der Waals surface area (Å²) in [6, 6.07) is 21.5. The van der Waals surface area contributed by atoms with Crippen LogP contribution >= 0.6 is 39.1 Å². The van der Waals surface area contributed by atoms with E-state index in [0.717, 1.165) is 11.5 Å². The van der Waals surface area contributed by atoms with E-state index >= 15 is 0 Å². The van der Waals surface area contributed by atoms with Crippen LogP contribution in [0.15, 0.2) is 60.7 Å². The smallest absolute Gasteiger partial charge is 0.118 e. The first-order valence-electron chi connectivity index (χ1n) is 8.73. The summed E-state index contributed by atoms with van der Waals surface area (Å²) in [7, 11) is 6.00. The van der Waals surface area contributed by atoms with Crippen LogP contribution < -0.4 is 9.47 Å². The molecule has 5 rings (SSSR count). The number of hydrogen-bond donors (Lipinski definition) is 0. The quantitative estimate of drug-likeness (QED) is 0.280. The molecular weight excluding hydrogens is 422 g/mol. The average Bonchev–Trinajstić information content (AvgIpc) is 3.35. The fourth-order valence-electron chi connectivity index (χ4n) is 3.06. The number of hydrogen-bond acceptors (Lipinski definition) is 4. The molecule has 0 unspecified atom stereocenters. The molecule has 0 N–H and O–H groups in total. The molecule has 0 aliphatic rings. The Labute approximate surface area is 174 Å². The maximum Gasteiger partial charge on any atom is 0.118 e. The van der Waals surface area contributed by atoms with E-state index < -0.39 is 0 Å². The van der Waals surface area contributed by atoms with Gasteiger partial charge in [0.1, 0.15) is 11.5 Å². The maximum absolute atomic E-state index is 5.28. The van der Waals surface area contributed by atoms with E-state index in [9.17, 15) is 0 Å². The molecule has 0 fully saturated rings. The predicted octanol–water partition coefficient (Wildman–Crippen LogP) is 8.63. The summed E-state index contributed by atoms with van der Waals surface area (Å²) in [5.74, 6) is 1.80. The van der Waals surface area contributed by atoms with E-state index in [1.54, 1.807) is 14.2 Å². The van der Waals surface area contributed by atoms with Crippen molar-refractivity contribution in [3.05, 3.63) is 60.7 Å². The summed E-state index contributed by atoms with van der Waals surface area (Å²) >= 11 is 3.79. The summed E-state index contributed by atoms with van der Waals surface area (Å²) in [4.78, 5) is 0. The summed E-state index contributed by atoms with van der Waals surface area (Å²) in [6.45, 7) is 0. The van der Waals surface area contributed by atoms with Gasteiger partial charge in [0.05, 0.1) is 23.4 Å². The number of fused-ring (bicyclic) bond motifs is 2. The largest absolute Gasteiger partial charge is 0.497 e. The van der Waals surface area contributed by atoms with Crippen LogP contribution in [0.2, 0.25) is 0 Å². The minimum atomic E-state index is 0.900. The lowest BCUT2D eigenvalue weighted by Crippen LogP contribution is -1.80.